The highest BCUT2D eigenvalue weighted by Gasteiger charge is 2.20. The minimum atomic E-state index is 0.714. The number of hydrogen-bond donors (Lipinski definition) is 1. The molecular formula is C10H18N4OS. The SMILES string of the molecule is CN(CCOCC1CC1)Cc1nnsc1N. The summed E-state index contributed by atoms with van der Waals surface area (Å²) < 4.78 is 9.38. The third-order valence-electron chi connectivity index (χ3n) is 2.67. The standard InChI is InChI=1S/C10H18N4OS/c1-14(4-5-15-7-8-2-3-8)6-9-10(11)16-13-12-9/h8H,2-7,11H2,1H3. The van der Waals surface area contributed by atoms with Gasteiger partial charge in [0.25, 0.3) is 0 Å². The van der Waals surface area contributed by atoms with Crippen molar-refractivity contribution in [3.8, 4) is 0 Å². The largest absolute Gasteiger partial charge is 0.388 e. The van der Waals surface area contributed by atoms with Crippen LogP contribution in [0.4, 0.5) is 5.00 Å². The molecule has 1 aliphatic rings. The molecule has 0 spiro atoms. The second-order valence-corrected chi connectivity index (χ2v) is 5.13. The van der Waals surface area contributed by atoms with Crippen LogP contribution in [0.25, 0.3) is 0 Å². The van der Waals surface area contributed by atoms with E-state index in [-0.39, 0.29) is 0 Å². The van der Waals surface area contributed by atoms with E-state index in [1.165, 1.54) is 24.4 Å². The molecule has 0 bridgehead atoms. The molecule has 0 unspecified atom stereocenters. The number of rotatable bonds is 7. The number of likely N-dealkylation sites (N-methyl/N-ethyl adjacent to an activating group) is 1. The second kappa shape index (κ2) is 5.56. The van der Waals surface area contributed by atoms with Gasteiger partial charge >= 0.3 is 0 Å². The molecule has 1 fully saturated rings. The normalized spacial score (nSPS) is 15.9. The van der Waals surface area contributed by atoms with Crippen molar-refractivity contribution in [2.75, 3.05) is 32.5 Å². The molecule has 2 rings (SSSR count). The van der Waals surface area contributed by atoms with E-state index in [4.69, 9.17) is 10.5 Å². The van der Waals surface area contributed by atoms with Gasteiger partial charge in [0.15, 0.2) is 0 Å². The first-order valence-corrected chi connectivity index (χ1v) is 6.36. The zero-order valence-electron chi connectivity index (χ0n) is 9.56. The smallest absolute Gasteiger partial charge is 0.132 e. The lowest BCUT2D eigenvalue weighted by Crippen LogP contribution is -2.23. The van der Waals surface area contributed by atoms with E-state index in [0.717, 1.165) is 37.9 Å². The van der Waals surface area contributed by atoms with Gasteiger partial charge in [-0.2, -0.15) is 0 Å². The lowest BCUT2D eigenvalue weighted by atomic mass is 10.4. The highest BCUT2D eigenvalue weighted by Crippen LogP contribution is 2.28. The molecular weight excluding hydrogens is 224 g/mol. The molecule has 90 valence electrons. The number of nitrogens with zero attached hydrogens (tertiary/aromatic N) is 3. The Morgan fingerprint density at radius 3 is 3.00 bits per heavy atom. The van der Waals surface area contributed by atoms with Gasteiger partial charge in [-0.05, 0) is 25.8 Å². The molecule has 0 saturated heterocycles. The minimum Gasteiger partial charge on any atom is -0.388 e. The number of nitrogens with two attached hydrogens (primary N) is 1. The summed E-state index contributed by atoms with van der Waals surface area (Å²) in [5.74, 6) is 0.837. The van der Waals surface area contributed by atoms with Gasteiger partial charge in [0.05, 0.1) is 6.61 Å². The Hall–Kier alpha value is -0.720. The fourth-order valence-corrected chi connectivity index (χ4v) is 1.85. The lowest BCUT2D eigenvalue weighted by Gasteiger charge is -2.15. The lowest BCUT2D eigenvalue weighted by molar-refractivity contribution is 0.101. The Kier molecular flexibility index (Phi) is 4.09. The minimum absolute atomic E-state index is 0.714. The van der Waals surface area contributed by atoms with Crippen molar-refractivity contribution in [3.63, 3.8) is 0 Å². The predicted octanol–water partition coefficient (Wildman–Crippen LogP) is 0.979. The van der Waals surface area contributed by atoms with E-state index in [0.29, 0.717) is 5.00 Å². The fraction of sp³-hybridized carbons (Fsp3) is 0.800. The van der Waals surface area contributed by atoms with Crippen LogP contribution >= 0.6 is 11.5 Å². The van der Waals surface area contributed by atoms with E-state index in [9.17, 15) is 0 Å². The van der Waals surface area contributed by atoms with Crippen LogP contribution in [-0.4, -0.2) is 41.3 Å². The third-order valence-corrected chi connectivity index (χ3v) is 3.27. The van der Waals surface area contributed by atoms with Crippen molar-refractivity contribution in [1.82, 2.24) is 14.5 Å². The molecule has 0 amide bonds. The molecule has 16 heavy (non-hydrogen) atoms. The van der Waals surface area contributed by atoms with E-state index in [1.54, 1.807) is 0 Å². The number of aromatic nitrogens is 2. The summed E-state index contributed by atoms with van der Waals surface area (Å²) >= 11 is 1.25. The van der Waals surface area contributed by atoms with Gasteiger partial charge in [-0.1, -0.05) is 4.49 Å². The van der Waals surface area contributed by atoms with Crippen LogP contribution in [-0.2, 0) is 11.3 Å². The van der Waals surface area contributed by atoms with Crippen LogP contribution in [0.1, 0.15) is 18.5 Å². The van der Waals surface area contributed by atoms with Crippen molar-refractivity contribution in [1.29, 1.82) is 0 Å². The fourth-order valence-electron chi connectivity index (χ4n) is 1.41. The average molecular weight is 242 g/mol. The molecule has 1 aliphatic carbocycles. The van der Waals surface area contributed by atoms with Crippen molar-refractivity contribution in [2.24, 2.45) is 5.92 Å². The highest BCUT2D eigenvalue weighted by atomic mass is 32.1. The number of nitrogen functional groups attached to an aromatic ring is 1. The van der Waals surface area contributed by atoms with Gasteiger partial charge in [0.2, 0.25) is 0 Å². The van der Waals surface area contributed by atoms with Crippen LogP contribution in [0.5, 0.6) is 0 Å². The third kappa shape index (κ3) is 3.70. The van der Waals surface area contributed by atoms with Gasteiger partial charge in [0.1, 0.15) is 10.7 Å². The van der Waals surface area contributed by atoms with Gasteiger partial charge in [0, 0.05) is 31.2 Å². The molecule has 2 N–H and O–H groups in total. The molecule has 0 aromatic carbocycles. The predicted molar refractivity (Wildman–Crippen MR) is 64.2 cm³/mol. The van der Waals surface area contributed by atoms with Crippen LogP contribution in [0, 0.1) is 5.92 Å². The van der Waals surface area contributed by atoms with Crippen molar-refractivity contribution in [3.05, 3.63) is 5.69 Å². The summed E-state index contributed by atoms with van der Waals surface area (Å²) in [6.45, 7) is 3.36. The summed E-state index contributed by atoms with van der Waals surface area (Å²) in [4.78, 5) is 2.15. The van der Waals surface area contributed by atoms with E-state index < -0.39 is 0 Å². The Labute approximate surface area is 99.7 Å². The molecule has 5 nitrogen and oxygen atoms in total. The molecule has 0 aliphatic heterocycles. The Balaban J connectivity index is 1.60. The molecule has 1 saturated carbocycles. The maximum atomic E-state index is 5.73. The first-order chi connectivity index (χ1) is 7.75. The van der Waals surface area contributed by atoms with Gasteiger partial charge in [-0.15, -0.1) is 5.10 Å². The molecule has 6 heteroatoms. The number of hydrogen-bond acceptors (Lipinski definition) is 6. The van der Waals surface area contributed by atoms with Gasteiger partial charge in [-0.25, -0.2) is 0 Å². The zero-order valence-corrected chi connectivity index (χ0v) is 10.4. The quantitative estimate of drug-likeness (QED) is 0.722. The highest BCUT2D eigenvalue weighted by molar-refractivity contribution is 7.09. The zero-order chi connectivity index (χ0) is 11.4. The van der Waals surface area contributed by atoms with E-state index in [2.05, 4.69) is 14.5 Å². The maximum Gasteiger partial charge on any atom is 0.132 e. The first-order valence-electron chi connectivity index (χ1n) is 5.58. The summed E-state index contributed by atoms with van der Waals surface area (Å²) in [6.07, 6.45) is 2.69. The van der Waals surface area contributed by atoms with Crippen molar-refractivity contribution < 1.29 is 4.74 Å². The summed E-state index contributed by atoms with van der Waals surface area (Å²) in [5, 5.41) is 4.70. The number of ether oxygens (including phenoxy) is 1. The van der Waals surface area contributed by atoms with Crippen LogP contribution in [0.2, 0.25) is 0 Å². The van der Waals surface area contributed by atoms with Gasteiger partial charge in [-0.3, -0.25) is 4.90 Å². The summed E-state index contributed by atoms with van der Waals surface area (Å²) in [7, 11) is 2.04. The van der Waals surface area contributed by atoms with Crippen LogP contribution in [0.15, 0.2) is 0 Å². The van der Waals surface area contributed by atoms with E-state index in [1.807, 2.05) is 7.05 Å². The maximum absolute atomic E-state index is 5.73. The van der Waals surface area contributed by atoms with Gasteiger partial charge < -0.3 is 10.5 Å². The molecule has 0 radical (unpaired) electrons. The van der Waals surface area contributed by atoms with Crippen LogP contribution < -0.4 is 5.73 Å². The Morgan fingerprint density at radius 2 is 2.38 bits per heavy atom. The topological polar surface area (TPSA) is 64.3 Å². The van der Waals surface area contributed by atoms with Crippen molar-refractivity contribution >= 4 is 16.5 Å². The Morgan fingerprint density at radius 1 is 1.56 bits per heavy atom. The molecule has 1 aromatic rings. The first kappa shape index (κ1) is 11.8. The van der Waals surface area contributed by atoms with Crippen molar-refractivity contribution in [2.45, 2.75) is 19.4 Å². The number of anilines is 1. The van der Waals surface area contributed by atoms with Crippen LogP contribution in [0.3, 0.4) is 0 Å². The second-order valence-electron chi connectivity index (χ2n) is 4.34. The summed E-state index contributed by atoms with van der Waals surface area (Å²) in [5.41, 5.74) is 6.60. The van der Waals surface area contributed by atoms with E-state index >= 15 is 0 Å². The molecule has 1 heterocycles. The summed E-state index contributed by atoms with van der Waals surface area (Å²) in [6, 6.07) is 0. The molecule has 1 aromatic heterocycles. The average Bonchev–Trinajstić information content (AvgIpc) is 3.00. The Bertz CT molecular complexity index is 326. The monoisotopic (exact) mass is 242 g/mol. The molecule has 0 atom stereocenters.